The summed E-state index contributed by atoms with van der Waals surface area (Å²) in [5, 5.41) is 2.77. The Kier molecular flexibility index (Phi) is 5.89. The number of carbonyl (C=O) groups is 1. The van der Waals surface area contributed by atoms with Crippen molar-refractivity contribution in [2.75, 3.05) is 0 Å². The number of ether oxygens (including phenoxy) is 1. The zero-order chi connectivity index (χ0) is 20.1. The number of aromatic amines is 1. The number of nitrogens with one attached hydrogen (secondary N) is 2. The molecule has 1 heterocycles. The van der Waals surface area contributed by atoms with E-state index in [9.17, 15) is 14.0 Å². The van der Waals surface area contributed by atoms with E-state index >= 15 is 0 Å². The molecule has 1 amide bonds. The molecule has 0 radical (unpaired) electrons. The Morgan fingerprint density at radius 3 is 2.54 bits per heavy atom. The van der Waals surface area contributed by atoms with Crippen molar-refractivity contribution in [3.63, 3.8) is 0 Å². The Morgan fingerprint density at radius 1 is 1.11 bits per heavy atom. The average Bonchev–Trinajstić information content (AvgIpc) is 2.66. The summed E-state index contributed by atoms with van der Waals surface area (Å²) < 4.78 is 18.7. The number of carbonyl (C=O) groups excluding carboxylic acids is 1. The van der Waals surface area contributed by atoms with Crippen LogP contribution in [0.1, 0.15) is 32.7 Å². The van der Waals surface area contributed by atoms with E-state index in [1.807, 2.05) is 19.9 Å². The van der Waals surface area contributed by atoms with Gasteiger partial charge in [-0.15, -0.1) is 0 Å². The number of rotatable bonds is 6. The largest absolute Gasteiger partial charge is 0.489 e. The van der Waals surface area contributed by atoms with Gasteiger partial charge in [0.1, 0.15) is 18.2 Å². The third-order valence-electron chi connectivity index (χ3n) is 4.34. The maximum atomic E-state index is 13.2. The lowest BCUT2D eigenvalue weighted by Crippen LogP contribution is -2.27. The summed E-state index contributed by atoms with van der Waals surface area (Å²) in [7, 11) is 0. The van der Waals surface area contributed by atoms with Crippen molar-refractivity contribution < 1.29 is 13.9 Å². The number of H-pyrrole nitrogens is 1. The summed E-state index contributed by atoms with van der Waals surface area (Å²) in [6.07, 6.45) is 0. The molecule has 3 aromatic rings. The number of aromatic nitrogens is 1. The van der Waals surface area contributed by atoms with Crippen LogP contribution in [-0.4, -0.2) is 10.9 Å². The van der Waals surface area contributed by atoms with Crippen molar-refractivity contribution in [1.29, 1.82) is 0 Å². The van der Waals surface area contributed by atoms with Crippen LogP contribution < -0.4 is 15.6 Å². The molecule has 28 heavy (non-hydrogen) atoms. The molecule has 0 unspecified atom stereocenters. The van der Waals surface area contributed by atoms with Crippen LogP contribution in [0.15, 0.2) is 59.4 Å². The van der Waals surface area contributed by atoms with Crippen molar-refractivity contribution >= 4 is 5.91 Å². The van der Waals surface area contributed by atoms with Gasteiger partial charge in [0, 0.05) is 29.4 Å². The van der Waals surface area contributed by atoms with Gasteiger partial charge in [0.25, 0.3) is 11.5 Å². The first kappa shape index (κ1) is 19.4. The predicted octanol–water partition coefficient (Wildman–Crippen LogP) is 3.64. The molecule has 3 rings (SSSR count). The highest BCUT2D eigenvalue weighted by atomic mass is 19.1. The molecule has 5 nitrogen and oxygen atoms in total. The summed E-state index contributed by atoms with van der Waals surface area (Å²) in [5.41, 5.74) is 3.31. The van der Waals surface area contributed by atoms with Gasteiger partial charge in [-0.2, -0.15) is 0 Å². The number of amides is 1. The summed E-state index contributed by atoms with van der Waals surface area (Å²) in [6.45, 7) is 4.08. The molecular weight excluding hydrogens is 359 g/mol. The number of pyridine rings is 1. The molecule has 6 heteroatoms. The molecular formula is C22H21FN2O3. The Labute approximate surface area is 162 Å². The molecule has 0 saturated carbocycles. The third kappa shape index (κ3) is 4.85. The minimum Gasteiger partial charge on any atom is -0.489 e. The number of benzene rings is 2. The topological polar surface area (TPSA) is 71.2 Å². The molecule has 144 valence electrons. The molecule has 0 aliphatic heterocycles. The quantitative estimate of drug-likeness (QED) is 0.686. The third-order valence-corrected chi connectivity index (χ3v) is 4.34. The Hall–Kier alpha value is -3.41. The maximum Gasteiger partial charge on any atom is 0.253 e. The fourth-order valence-corrected chi connectivity index (χ4v) is 2.85. The van der Waals surface area contributed by atoms with Crippen LogP contribution in [0.5, 0.6) is 5.75 Å². The first-order valence-electron chi connectivity index (χ1n) is 8.87. The molecule has 2 N–H and O–H groups in total. The second-order valence-electron chi connectivity index (χ2n) is 6.57. The van der Waals surface area contributed by atoms with Crippen LogP contribution in [-0.2, 0) is 13.2 Å². The lowest BCUT2D eigenvalue weighted by molar-refractivity contribution is 0.0950. The zero-order valence-corrected chi connectivity index (χ0v) is 15.7. The fraction of sp³-hybridized carbons (Fsp3) is 0.182. The Balaban J connectivity index is 1.58. The van der Waals surface area contributed by atoms with Gasteiger partial charge < -0.3 is 15.0 Å². The van der Waals surface area contributed by atoms with Crippen LogP contribution in [0, 0.1) is 19.7 Å². The SMILES string of the molecule is Cc1cc(C)c(CNC(=O)c2ccc(COc3cccc(F)c3)cc2)c(=O)[nH]1. The van der Waals surface area contributed by atoms with E-state index in [0.717, 1.165) is 16.8 Å². The molecule has 2 aromatic carbocycles. The first-order chi connectivity index (χ1) is 13.4. The van der Waals surface area contributed by atoms with E-state index < -0.39 is 0 Å². The van der Waals surface area contributed by atoms with Gasteiger partial charge in [-0.25, -0.2) is 4.39 Å². The van der Waals surface area contributed by atoms with E-state index in [0.29, 0.717) is 16.9 Å². The monoisotopic (exact) mass is 380 g/mol. The van der Waals surface area contributed by atoms with Crippen LogP contribution in [0.4, 0.5) is 4.39 Å². The van der Waals surface area contributed by atoms with Gasteiger partial charge in [-0.05, 0) is 55.3 Å². The van der Waals surface area contributed by atoms with Crippen molar-refractivity contribution in [2.45, 2.75) is 27.0 Å². The van der Waals surface area contributed by atoms with E-state index in [1.165, 1.54) is 12.1 Å². The maximum absolute atomic E-state index is 13.2. The molecule has 0 bridgehead atoms. The standard InChI is InChI=1S/C22H21FN2O3/c1-14-10-15(2)25-22(27)20(14)12-24-21(26)17-8-6-16(7-9-17)13-28-19-5-3-4-18(23)11-19/h3-11H,12-13H2,1-2H3,(H,24,26)(H,25,27). The lowest BCUT2D eigenvalue weighted by Gasteiger charge is -2.09. The van der Waals surface area contributed by atoms with Gasteiger partial charge in [-0.1, -0.05) is 18.2 Å². The molecule has 0 atom stereocenters. The van der Waals surface area contributed by atoms with Gasteiger partial charge in [-0.3, -0.25) is 9.59 Å². The molecule has 1 aromatic heterocycles. The summed E-state index contributed by atoms with van der Waals surface area (Å²) in [6, 6.07) is 14.7. The van der Waals surface area contributed by atoms with E-state index in [2.05, 4.69) is 10.3 Å². The summed E-state index contributed by atoms with van der Waals surface area (Å²) in [5.74, 6) is -0.176. The zero-order valence-electron chi connectivity index (χ0n) is 15.7. The molecule has 0 saturated heterocycles. The van der Waals surface area contributed by atoms with Gasteiger partial charge in [0.2, 0.25) is 0 Å². The number of hydrogen-bond donors (Lipinski definition) is 2. The highest BCUT2D eigenvalue weighted by Crippen LogP contribution is 2.14. The Morgan fingerprint density at radius 2 is 1.86 bits per heavy atom. The first-order valence-corrected chi connectivity index (χ1v) is 8.87. The highest BCUT2D eigenvalue weighted by Gasteiger charge is 2.09. The number of halogens is 1. The van der Waals surface area contributed by atoms with Gasteiger partial charge >= 0.3 is 0 Å². The molecule has 0 aliphatic carbocycles. The number of aryl methyl sites for hydroxylation is 2. The second-order valence-corrected chi connectivity index (χ2v) is 6.57. The smallest absolute Gasteiger partial charge is 0.253 e. The summed E-state index contributed by atoms with van der Waals surface area (Å²) >= 11 is 0. The van der Waals surface area contributed by atoms with Gasteiger partial charge in [0.05, 0.1) is 0 Å². The van der Waals surface area contributed by atoms with E-state index in [4.69, 9.17) is 4.74 Å². The summed E-state index contributed by atoms with van der Waals surface area (Å²) in [4.78, 5) is 27.1. The van der Waals surface area contributed by atoms with Crippen molar-refractivity contribution in [1.82, 2.24) is 10.3 Å². The van der Waals surface area contributed by atoms with Crippen molar-refractivity contribution in [2.24, 2.45) is 0 Å². The minimum absolute atomic E-state index is 0.157. The normalized spacial score (nSPS) is 10.5. The molecule has 0 fully saturated rings. The predicted molar refractivity (Wildman–Crippen MR) is 105 cm³/mol. The van der Waals surface area contributed by atoms with Crippen LogP contribution in [0.2, 0.25) is 0 Å². The van der Waals surface area contributed by atoms with Gasteiger partial charge in [0.15, 0.2) is 0 Å². The van der Waals surface area contributed by atoms with Crippen molar-refractivity contribution in [3.8, 4) is 5.75 Å². The molecule has 0 spiro atoms. The average molecular weight is 380 g/mol. The van der Waals surface area contributed by atoms with E-state index in [-0.39, 0.29) is 30.4 Å². The van der Waals surface area contributed by atoms with E-state index in [1.54, 1.807) is 36.4 Å². The minimum atomic E-state index is -0.354. The van der Waals surface area contributed by atoms with Crippen molar-refractivity contribution in [3.05, 3.63) is 98.7 Å². The lowest BCUT2D eigenvalue weighted by atomic mass is 10.1. The number of hydrogen-bond acceptors (Lipinski definition) is 3. The second kappa shape index (κ2) is 8.52. The van der Waals surface area contributed by atoms with Crippen LogP contribution >= 0.6 is 0 Å². The van der Waals surface area contributed by atoms with Crippen LogP contribution in [0.25, 0.3) is 0 Å². The molecule has 0 aliphatic rings. The Bertz CT molecular complexity index is 1040. The van der Waals surface area contributed by atoms with Crippen LogP contribution in [0.3, 0.4) is 0 Å². The fourth-order valence-electron chi connectivity index (χ4n) is 2.85. The highest BCUT2D eigenvalue weighted by molar-refractivity contribution is 5.94.